The summed E-state index contributed by atoms with van der Waals surface area (Å²) < 4.78 is 33.3. The number of aromatic nitrogens is 3. The second kappa shape index (κ2) is 4.42. The van der Waals surface area contributed by atoms with E-state index in [0.29, 0.717) is 5.75 Å². The highest BCUT2D eigenvalue weighted by Crippen LogP contribution is 2.28. The smallest absolute Gasteiger partial charge is 0.375 e. The van der Waals surface area contributed by atoms with Crippen LogP contribution in [0.25, 0.3) is 0 Å². The summed E-state index contributed by atoms with van der Waals surface area (Å²) in [6.45, 7) is 0. The molecule has 1 heterocycles. The van der Waals surface area contributed by atoms with E-state index < -0.39 is 10.1 Å². The molecule has 0 radical (unpaired) electrons. The highest BCUT2D eigenvalue weighted by atomic mass is 32.2. The summed E-state index contributed by atoms with van der Waals surface area (Å²) in [5, 5.41) is 5.31. The van der Waals surface area contributed by atoms with Gasteiger partial charge in [0.15, 0.2) is 11.5 Å². The summed E-state index contributed by atoms with van der Waals surface area (Å²) in [5.74, 6) is 0.405. The molecule has 2 rings (SSSR count). The number of nitrogens with one attached hydrogen (secondary N) is 1. The van der Waals surface area contributed by atoms with Crippen molar-refractivity contribution in [2.75, 3.05) is 7.11 Å². The van der Waals surface area contributed by atoms with Crippen molar-refractivity contribution >= 4 is 10.1 Å². The monoisotopic (exact) mass is 255 g/mol. The van der Waals surface area contributed by atoms with Crippen LogP contribution in [0.3, 0.4) is 0 Å². The molecule has 0 atom stereocenters. The number of hydrogen-bond acceptors (Lipinski definition) is 6. The van der Waals surface area contributed by atoms with Gasteiger partial charge in [0, 0.05) is 0 Å². The minimum Gasteiger partial charge on any atom is -0.493 e. The summed E-state index contributed by atoms with van der Waals surface area (Å²) >= 11 is 0. The lowest BCUT2D eigenvalue weighted by atomic mass is 10.3. The SMILES string of the molecule is COc1ccccc1OS(=O)(=O)c1ncn[nH]1. The first-order chi connectivity index (χ1) is 8.13. The van der Waals surface area contributed by atoms with Crippen molar-refractivity contribution in [1.82, 2.24) is 15.2 Å². The Morgan fingerprint density at radius 3 is 2.53 bits per heavy atom. The molecule has 1 aromatic carbocycles. The first-order valence-electron chi connectivity index (χ1n) is 4.56. The van der Waals surface area contributed by atoms with Crippen LogP contribution in [-0.4, -0.2) is 30.7 Å². The number of hydrogen-bond donors (Lipinski definition) is 1. The van der Waals surface area contributed by atoms with Crippen molar-refractivity contribution in [2.24, 2.45) is 0 Å². The standard InChI is InChI=1S/C9H9N3O4S/c1-15-7-4-2-3-5-8(7)16-17(13,14)9-10-6-11-12-9/h2-6H,1H3,(H,10,11,12). The van der Waals surface area contributed by atoms with E-state index in [2.05, 4.69) is 15.2 Å². The van der Waals surface area contributed by atoms with Crippen molar-refractivity contribution in [3.8, 4) is 11.5 Å². The molecule has 2 aromatic rings. The third kappa shape index (κ3) is 2.36. The van der Waals surface area contributed by atoms with Crippen molar-refractivity contribution in [3.63, 3.8) is 0 Å². The zero-order valence-corrected chi connectivity index (χ0v) is 9.64. The van der Waals surface area contributed by atoms with Gasteiger partial charge >= 0.3 is 10.1 Å². The Kier molecular flexibility index (Phi) is 2.96. The lowest BCUT2D eigenvalue weighted by molar-refractivity contribution is 0.389. The van der Waals surface area contributed by atoms with E-state index in [0.717, 1.165) is 6.33 Å². The lowest BCUT2D eigenvalue weighted by Gasteiger charge is -2.08. The van der Waals surface area contributed by atoms with E-state index in [4.69, 9.17) is 8.92 Å². The Morgan fingerprint density at radius 2 is 1.94 bits per heavy atom. The van der Waals surface area contributed by atoms with Gasteiger partial charge in [-0.1, -0.05) is 12.1 Å². The molecule has 0 aliphatic carbocycles. The van der Waals surface area contributed by atoms with Gasteiger partial charge in [0.2, 0.25) is 0 Å². The van der Waals surface area contributed by atoms with Gasteiger partial charge in [-0.2, -0.15) is 13.5 Å². The molecule has 0 spiro atoms. The summed E-state index contributed by atoms with van der Waals surface area (Å²) in [6.07, 6.45) is 1.08. The van der Waals surface area contributed by atoms with Crippen LogP contribution in [0.15, 0.2) is 35.7 Å². The van der Waals surface area contributed by atoms with Crippen LogP contribution in [0.2, 0.25) is 0 Å². The van der Waals surface area contributed by atoms with Crippen molar-refractivity contribution < 1.29 is 17.3 Å². The quantitative estimate of drug-likeness (QED) is 0.803. The van der Waals surface area contributed by atoms with Crippen LogP contribution in [0, 0.1) is 0 Å². The number of aromatic amines is 1. The average Bonchev–Trinajstić information content (AvgIpc) is 2.83. The maximum absolute atomic E-state index is 11.7. The van der Waals surface area contributed by atoms with Crippen LogP contribution < -0.4 is 8.92 Å². The van der Waals surface area contributed by atoms with Gasteiger partial charge in [0.05, 0.1) is 7.11 Å². The maximum atomic E-state index is 11.7. The Morgan fingerprint density at radius 1 is 1.24 bits per heavy atom. The summed E-state index contributed by atoms with van der Waals surface area (Å²) in [7, 11) is -2.59. The Labute approximate surface area is 97.5 Å². The molecule has 17 heavy (non-hydrogen) atoms. The second-order valence-corrected chi connectivity index (χ2v) is 4.44. The van der Waals surface area contributed by atoms with Gasteiger partial charge in [0.25, 0.3) is 5.16 Å². The molecule has 0 unspecified atom stereocenters. The number of nitrogens with zero attached hydrogens (tertiary/aromatic N) is 2. The molecular weight excluding hydrogens is 246 g/mol. The largest absolute Gasteiger partial charge is 0.493 e. The van der Waals surface area contributed by atoms with E-state index in [1.54, 1.807) is 18.2 Å². The average molecular weight is 255 g/mol. The maximum Gasteiger partial charge on any atom is 0.375 e. The van der Waals surface area contributed by atoms with E-state index in [-0.39, 0.29) is 10.9 Å². The molecule has 1 N–H and O–H groups in total. The minimum absolute atomic E-state index is 0.0893. The van der Waals surface area contributed by atoms with Crippen LogP contribution >= 0.6 is 0 Å². The van der Waals surface area contributed by atoms with Crippen molar-refractivity contribution in [2.45, 2.75) is 5.16 Å². The van der Waals surface area contributed by atoms with Crippen LogP contribution in [-0.2, 0) is 10.1 Å². The molecular formula is C9H9N3O4S. The Balaban J connectivity index is 2.33. The van der Waals surface area contributed by atoms with Gasteiger partial charge in [-0.15, -0.1) is 0 Å². The van der Waals surface area contributed by atoms with Crippen LogP contribution in [0.4, 0.5) is 0 Å². The van der Waals surface area contributed by atoms with Gasteiger partial charge in [-0.3, -0.25) is 0 Å². The molecule has 0 saturated carbocycles. The molecule has 0 saturated heterocycles. The van der Waals surface area contributed by atoms with Crippen LogP contribution in [0.5, 0.6) is 11.5 Å². The number of ether oxygens (including phenoxy) is 1. The fourth-order valence-electron chi connectivity index (χ4n) is 1.16. The van der Waals surface area contributed by atoms with Gasteiger partial charge < -0.3 is 8.92 Å². The molecule has 1 aromatic heterocycles. The fourth-order valence-corrected chi connectivity index (χ4v) is 1.95. The molecule has 7 nitrogen and oxygen atoms in total. The first kappa shape index (κ1) is 11.4. The van der Waals surface area contributed by atoms with Crippen molar-refractivity contribution in [1.29, 1.82) is 0 Å². The number of rotatable bonds is 4. The Bertz CT molecular complexity index is 594. The van der Waals surface area contributed by atoms with E-state index >= 15 is 0 Å². The lowest BCUT2D eigenvalue weighted by Crippen LogP contribution is -2.12. The summed E-state index contributed by atoms with van der Waals surface area (Å²) in [6, 6.07) is 6.40. The van der Waals surface area contributed by atoms with Crippen molar-refractivity contribution in [3.05, 3.63) is 30.6 Å². The summed E-state index contributed by atoms with van der Waals surface area (Å²) in [4.78, 5) is 3.52. The molecule has 0 fully saturated rings. The number of H-pyrrole nitrogens is 1. The molecule has 0 aliphatic rings. The predicted molar refractivity (Wildman–Crippen MR) is 57.2 cm³/mol. The van der Waals surface area contributed by atoms with Crippen LogP contribution in [0.1, 0.15) is 0 Å². The second-order valence-electron chi connectivity index (χ2n) is 2.98. The number of methoxy groups -OCH3 is 1. The zero-order valence-electron chi connectivity index (χ0n) is 8.82. The normalized spacial score (nSPS) is 11.1. The molecule has 8 heteroatoms. The first-order valence-corrected chi connectivity index (χ1v) is 5.97. The molecule has 90 valence electrons. The number of para-hydroxylation sites is 2. The van der Waals surface area contributed by atoms with Gasteiger partial charge in [-0.05, 0) is 12.1 Å². The highest BCUT2D eigenvalue weighted by Gasteiger charge is 2.21. The molecule has 0 amide bonds. The van der Waals surface area contributed by atoms with Gasteiger partial charge in [0.1, 0.15) is 6.33 Å². The zero-order chi connectivity index (χ0) is 12.3. The molecule has 0 bridgehead atoms. The molecule has 0 aliphatic heterocycles. The van der Waals surface area contributed by atoms with Gasteiger partial charge in [-0.25, -0.2) is 10.1 Å². The highest BCUT2D eigenvalue weighted by molar-refractivity contribution is 7.86. The summed E-state index contributed by atoms with van der Waals surface area (Å²) in [5.41, 5.74) is 0. The number of benzene rings is 1. The Hall–Kier alpha value is -2.09. The third-order valence-corrected chi connectivity index (χ3v) is 2.97. The predicted octanol–water partition coefficient (Wildman–Crippen LogP) is 0.581. The third-order valence-electron chi connectivity index (χ3n) is 1.90. The minimum atomic E-state index is -4.01. The van der Waals surface area contributed by atoms with E-state index in [1.807, 2.05) is 0 Å². The van der Waals surface area contributed by atoms with E-state index in [1.165, 1.54) is 13.2 Å². The van der Waals surface area contributed by atoms with E-state index in [9.17, 15) is 8.42 Å². The topological polar surface area (TPSA) is 94.2 Å². The fraction of sp³-hybridized carbons (Fsp3) is 0.111.